The minimum Gasteiger partial charge on any atom is -0.204 e. The minimum atomic E-state index is -0.456. The number of hydrogen-bond donors (Lipinski definition) is 0. The van der Waals surface area contributed by atoms with E-state index in [-0.39, 0.29) is 5.56 Å². The van der Waals surface area contributed by atoms with Crippen molar-refractivity contribution in [2.24, 2.45) is 0 Å². The van der Waals surface area contributed by atoms with Crippen molar-refractivity contribution in [3.63, 3.8) is 0 Å². The number of halogens is 3. The lowest BCUT2D eigenvalue weighted by atomic mass is 10.2. The van der Waals surface area contributed by atoms with E-state index in [1.807, 2.05) is 22.6 Å². The van der Waals surface area contributed by atoms with Gasteiger partial charge in [0.25, 0.3) is 0 Å². The van der Waals surface area contributed by atoms with Gasteiger partial charge >= 0.3 is 0 Å². The highest BCUT2D eigenvalue weighted by Crippen LogP contribution is 2.22. The molecule has 0 radical (unpaired) electrons. The molecule has 0 aromatic heterocycles. The molecule has 0 saturated carbocycles. The molecule has 0 N–H and O–H groups in total. The van der Waals surface area contributed by atoms with Gasteiger partial charge in [0, 0.05) is 4.47 Å². The first-order valence-corrected chi connectivity index (χ1v) is 4.57. The molecule has 1 rings (SSSR count). The summed E-state index contributed by atoms with van der Waals surface area (Å²) in [4.78, 5) is 0. The van der Waals surface area contributed by atoms with Crippen molar-refractivity contribution in [2.75, 3.05) is 0 Å². The van der Waals surface area contributed by atoms with Gasteiger partial charge in [-0.25, -0.2) is 4.39 Å². The highest BCUT2D eigenvalue weighted by Gasteiger charge is 2.08. The lowest BCUT2D eigenvalue weighted by molar-refractivity contribution is 0.615. The summed E-state index contributed by atoms with van der Waals surface area (Å²) in [5.74, 6) is -0.456. The third kappa shape index (κ3) is 1.71. The molecule has 0 amide bonds. The molecule has 0 fully saturated rings. The van der Waals surface area contributed by atoms with Crippen LogP contribution in [0.3, 0.4) is 0 Å². The van der Waals surface area contributed by atoms with Crippen molar-refractivity contribution in [2.45, 2.75) is 0 Å². The van der Waals surface area contributed by atoms with E-state index in [0.717, 1.165) is 0 Å². The highest BCUT2D eigenvalue weighted by molar-refractivity contribution is 14.1. The average Bonchev–Trinajstić information content (AvgIpc) is 1.99. The number of rotatable bonds is 0. The van der Waals surface area contributed by atoms with Crippen LogP contribution in [0.1, 0.15) is 5.56 Å². The van der Waals surface area contributed by atoms with Crippen LogP contribution in [-0.2, 0) is 0 Å². The van der Waals surface area contributed by atoms with E-state index < -0.39 is 5.82 Å². The predicted molar refractivity (Wildman–Crippen MR) is 51.5 cm³/mol. The Morgan fingerprint density at radius 2 is 2.18 bits per heavy atom. The molecule has 1 aromatic carbocycles. The number of benzene rings is 1. The topological polar surface area (TPSA) is 23.8 Å². The van der Waals surface area contributed by atoms with Gasteiger partial charge < -0.3 is 0 Å². The van der Waals surface area contributed by atoms with E-state index in [0.29, 0.717) is 8.04 Å². The molecule has 4 heteroatoms. The molecule has 0 aliphatic rings. The summed E-state index contributed by atoms with van der Waals surface area (Å²) in [5, 5.41) is 8.50. The van der Waals surface area contributed by atoms with E-state index in [1.165, 1.54) is 0 Å². The molecule has 0 atom stereocenters. The van der Waals surface area contributed by atoms with Gasteiger partial charge in [-0.05, 0) is 50.7 Å². The normalized spacial score (nSPS) is 9.27. The maximum absolute atomic E-state index is 13.0. The standard InChI is InChI=1S/C7H2BrFIN/c8-5-1-2-6(10)7(9)4(5)3-11/h1-2H. The average molecular weight is 326 g/mol. The maximum Gasteiger partial charge on any atom is 0.155 e. The number of nitrogens with zero attached hydrogens (tertiary/aromatic N) is 1. The molecular formula is C7H2BrFIN. The minimum absolute atomic E-state index is 0.0666. The summed E-state index contributed by atoms with van der Waals surface area (Å²) in [6.45, 7) is 0. The van der Waals surface area contributed by atoms with Gasteiger partial charge in [0.2, 0.25) is 0 Å². The molecule has 0 spiro atoms. The molecule has 0 unspecified atom stereocenters. The highest BCUT2D eigenvalue weighted by atomic mass is 127. The Balaban J connectivity index is 3.44. The van der Waals surface area contributed by atoms with Crippen LogP contribution in [0.4, 0.5) is 4.39 Å². The lowest BCUT2D eigenvalue weighted by Crippen LogP contribution is -1.88. The van der Waals surface area contributed by atoms with Crippen molar-refractivity contribution in [3.8, 4) is 6.07 Å². The second kappa shape index (κ2) is 3.50. The van der Waals surface area contributed by atoms with Crippen LogP contribution in [0.5, 0.6) is 0 Å². The fourth-order valence-corrected chi connectivity index (χ4v) is 1.47. The van der Waals surface area contributed by atoms with E-state index >= 15 is 0 Å². The van der Waals surface area contributed by atoms with Crippen molar-refractivity contribution in [1.29, 1.82) is 5.26 Å². The van der Waals surface area contributed by atoms with Crippen LogP contribution in [0.2, 0.25) is 0 Å². The Labute approximate surface area is 85.5 Å². The Morgan fingerprint density at radius 1 is 1.55 bits per heavy atom. The summed E-state index contributed by atoms with van der Waals surface area (Å²) in [6, 6.07) is 5.05. The third-order valence-electron chi connectivity index (χ3n) is 1.16. The van der Waals surface area contributed by atoms with Gasteiger partial charge in [-0.15, -0.1) is 0 Å². The molecule has 0 bridgehead atoms. The van der Waals surface area contributed by atoms with Gasteiger partial charge in [0.15, 0.2) is 5.82 Å². The van der Waals surface area contributed by atoms with Crippen LogP contribution >= 0.6 is 38.5 Å². The van der Waals surface area contributed by atoms with E-state index in [4.69, 9.17) is 5.26 Å². The van der Waals surface area contributed by atoms with E-state index in [1.54, 1.807) is 18.2 Å². The second-order valence-electron chi connectivity index (χ2n) is 1.83. The number of nitriles is 1. The zero-order chi connectivity index (χ0) is 8.43. The maximum atomic E-state index is 13.0. The molecule has 0 aliphatic carbocycles. The molecule has 1 aromatic rings. The SMILES string of the molecule is N#Cc1c(Br)ccc(I)c1F. The third-order valence-corrected chi connectivity index (χ3v) is 2.65. The lowest BCUT2D eigenvalue weighted by Gasteiger charge is -1.97. The van der Waals surface area contributed by atoms with Crippen LogP contribution in [0.15, 0.2) is 16.6 Å². The zero-order valence-electron chi connectivity index (χ0n) is 5.24. The van der Waals surface area contributed by atoms with Gasteiger partial charge in [-0.3, -0.25) is 0 Å². The molecule has 1 nitrogen and oxygen atoms in total. The first-order valence-electron chi connectivity index (χ1n) is 2.70. The largest absolute Gasteiger partial charge is 0.204 e. The monoisotopic (exact) mass is 325 g/mol. The quantitative estimate of drug-likeness (QED) is 0.531. The molecule has 0 heterocycles. The van der Waals surface area contributed by atoms with Crippen molar-refractivity contribution < 1.29 is 4.39 Å². The fourth-order valence-electron chi connectivity index (χ4n) is 0.630. The Morgan fingerprint density at radius 3 is 2.64 bits per heavy atom. The summed E-state index contributed by atoms with van der Waals surface area (Å²) >= 11 is 4.92. The zero-order valence-corrected chi connectivity index (χ0v) is 8.98. The van der Waals surface area contributed by atoms with Crippen molar-refractivity contribution in [3.05, 3.63) is 31.6 Å². The second-order valence-corrected chi connectivity index (χ2v) is 3.85. The van der Waals surface area contributed by atoms with Gasteiger partial charge in [-0.2, -0.15) is 5.26 Å². The predicted octanol–water partition coefficient (Wildman–Crippen LogP) is 3.06. The van der Waals surface area contributed by atoms with Gasteiger partial charge in [0.1, 0.15) is 11.6 Å². The molecule has 56 valence electrons. The van der Waals surface area contributed by atoms with Crippen LogP contribution in [0, 0.1) is 20.7 Å². The van der Waals surface area contributed by atoms with Crippen LogP contribution < -0.4 is 0 Å². The molecule has 0 saturated heterocycles. The van der Waals surface area contributed by atoms with Gasteiger partial charge in [-0.1, -0.05) is 0 Å². The van der Waals surface area contributed by atoms with E-state index in [2.05, 4.69) is 15.9 Å². The Bertz CT molecular complexity index is 332. The number of hydrogen-bond acceptors (Lipinski definition) is 1. The molecule has 11 heavy (non-hydrogen) atoms. The Hall–Kier alpha value is -0.150. The first-order chi connectivity index (χ1) is 5.16. The van der Waals surface area contributed by atoms with Crippen molar-refractivity contribution >= 4 is 38.5 Å². The van der Waals surface area contributed by atoms with Gasteiger partial charge in [0.05, 0.1) is 3.57 Å². The van der Waals surface area contributed by atoms with Crippen molar-refractivity contribution in [1.82, 2.24) is 0 Å². The molecule has 0 aliphatic heterocycles. The summed E-state index contributed by atoms with van der Waals surface area (Å²) in [6.07, 6.45) is 0. The first kappa shape index (κ1) is 8.94. The molecular weight excluding hydrogens is 324 g/mol. The fraction of sp³-hybridized carbons (Fsp3) is 0. The van der Waals surface area contributed by atoms with E-state index in [9.17, 15) is 4.39 Å². The smallest absolute Gasteiger partial charge is 0.155 e. The Kier molecular flexibility index (Phi) is 2.84. The summed E-state index contributed by atoms with van der Waals surface area (Å²) in [5.41, 5.74) is 0.0666. The summed E-state index contributed by atoms with van der Waals surface area (Å²) in [7, 11) is 0. The van der Waals surface area contributed by atoms with Crippen LogP contribution in [-0.4, -0.2) is 0 Å². The van der Waals surface area contributed by atoms with Crippen LogP contribution in [0.25, 0.3) is 0 Å². The summed E-state index contributed by atoms with van der Waals surface area (Å²) < 4.78 is 14.0.